The van der Waals surface area contributed by atoms with Gasteiger partial charge >= 0.3 is 0 Å². The highest BCUT2D eigenvalue weighted by Crippen LogP contribution is 2.28. The first-order valence-electron chi connectivity index (χ1n) is 8.53. The summed E-state index contributed by atoms with van der Waals surface area (Å²) in [5.41, 5.74) is 2.99. The van der Waals surface area contributed by atoms with E-state index in [1.165, 1.54) is 13.3 Å². The van der Waals surface area contributed by atoms with Crippen molar-refractivity contribution in [1.82, 2.24) is 14.4 Å². The first kappa shape index (κ1) is 17.4. The van der Waals surface area contributed by atoms with E-state index in [0.29, 0.717) is 22.8 Å². The second kappa shape index (κ2) is 7.32. The molecule has 138 valence electrons. The summed E-state index contributed by atoms with van der Waals surface area (Å²) in [6, 6.07) is 14.3. The van der Waals surface area contributed by atoms with Crippen LogP contribution >= 0.6 is 0 Å². The van der Waals surface area contributed by atoms with Gasteiger partial charge in [0.25, 0.3) is 11.7 Å². The first-order valence-corrected chi connectivity index (χ1v) is 8.53. The lowest BCUT2D eigenvalue weighted by atomic mass is 10.0. The van der Waals surface area contributed by atoms with Crippen LogP contribution in [0.25, 0.3) is 16.6 Å². The molecule has 1 amide bonds. The average Bonchev–Trinajstić information content (AvgIpc) is 3.14. The molecule has 0 aliphatic rings. The summed E-state index contributed by atoms with van der Waals surface area (Å²) in [6.07, 6.45) is 6.49. The number of anilines is 1. The Balaban J connectivity index is 1.72. The number of ketones is 1. The van der Waals surface area contributed by atoms with Crippen molar-refractivity contribution in [1.29, 1.82) is 0 Å². The summed E-state index contributed by atoms with van der Waals surface area (Å²) in [5, 5.41) is 2.59. The van der Waals surface area contributed by atoms with Crippen LogP contribution < -0.4 is 10.1 Å². The van der Waals surface area contributed by atoms with Crippen molar-refractivity contribution in [2.75, 3.05) is 12.4 Å². The molecule has 4 aromatic rings. The molecule has 0 saturated carbocycles. The van der Waals surface area contributed by atoms with Crippen LogP contribution in [0.15, 0.2) is 73.3 Å². The van der Waals surface area contributed by atoms with Crippen molar-refractivity contribution in [3.8, 4) is 17.0 Å². The normalized spacial score (nSPS) is 10.6. The molecular weight excluding hydrogens is 356 g/mol. The smallest absolute Gasteiger partial charge is 0.298 e. The minimum Gasteiger partial charge on any atom is -0.481 e. The van der Waals surface area contributed by atoms with Crippen LogP contribution in [0.1, 0.15) is 10.5 Å². The lowest BCUT2D eigenvalue weighted by Crippen LogP contribution is -2.24. The summed E-state index contributed by atoms with van der Waals surface area (Å²) in [7, 11) is 1.50. The van der Waals surface area contributed by atoms with Crippen molar-refractivity contribution in [2.24, 2.45) is 0 Å². The lowest BCUT2D eigenvalue weighted by molar-refractivity contribution is -0.112. The van der Waals surface area contributed by atoms with Gasteiger partial charge in [0.2, 0.25) is 5.88 Å². The highest BCUT2D eigenvalue weighted by atomic mass is 16.5. The molecule has 1 N–H and O–H groups in total. The number of nitrogens with zero attached hydrogens (tertiary/aromatic N) is 3. The van der Waals surface area contributed by atoms with Crippen molar-refractivity contribution in [2.45, 2.75) is 0 Å². The second-order valence-electron chi connectivity index (χ2n) is 6.01. The molecule has 0 aliphatic heterocycles. The van der Waals surface area contributed by atoms with Crippen LogP contribution in [0.5, 0.6) is 5.88 Å². The summed E-state index contributed by atoms with van der Waals surface area (Å²) in [4.78, 5) is 33.7. The standard InChI is InChI=1S/C21H16N4O3/c1-28-18-6-5-15(13-23-18)24-21(27)20(26)19-17(14-7-9-22-10-8-14)12-16-4-2-3-11-25(16)19/h2-13H,1H3,(H,24,27). The summed E-state index contributed by atoms with van der Waals surface area (Å²) in [5.74, 6) is -0.971. The minimum atomic E-state index is -0.744. The zero-order valence-corrected chi connectivity index (χ0v) is 15.0. The number of amides is 1. The van der Waals surface area contributed by atoms with E-state index < -0.39 is 11.7 Å². The average molecular weight is 372 g/mol. The number of nitrogens with one attached hydrogen (secondary N) is 1. The maximum absolute atomic E-state index is 13.0. The van der Waals surface area contributed by atoms with Gasteiger partial charge in [-0.2, -0.15) is 0 Å². The molecule has 0 radical (unpaired) electrons. The molecule has 0 saturated heterocycles. The maximum atomic E-state index is 13.0. The monoisotopic (exact) mass is 372 g/mol. The Bertz CT molecular complexity index is 1150. The molecule has 0 atom stereocenters. The zero-order valence-electron chi connectivity index (χ0n) is 15.0. The number of Topliss-reactive ketones (excluding diaryl/α,β-unsaturated/α-hetero) is 1. The van der Waals surface area contributed by atoms with Gasteiger partial charge in [0.1, 0.15) is 5.69 Å². The molecule has 0 aliphatic carbocycles. The Morgan fingerprint density at radius 3 is 2.61 bits per heavy atom. The van der Waals surface area contributed by atoms with Crippen molar-refractivity contribution in [3.63, 3.8) is 0 Å². The van der Waals surface area contributed by atoms with E-state index in [0.717, 1.165) is 11.1 Å². The van der Waals surface area contributed by atoms with Gasteiger partial charge in [-0.25, -0.2) is 4.98 Å². The van der Waals surface area contributed by atoms with Gasteiger partial charge in [-0.1, -0.05) is 6.07 Å². The Labute approximate surface area is 160 Å². The molecule has 4 rings (SSSR count). The van der Waals surface area contributed by atoms with Crippen molar-refractivity contribution >= 4 is 22.9 Å². The predicted octanol–water partition coefficient (Wildman–Crippen LogP) is 3.23. The number of methoxy groups -OCH3 is 1. The molecule has 0 fully saturated rings. The van der Waals surface area contributed by atoms with Gasteiger partial charge in [0.05, 0.1) is 19.0 Å². The molecule has 4 heterocycles. The van der Waals surface area contributed by atoms with Crippen LogP contribution in [0.2, 0.25) is 0 Å². The van der Waals surface area contributed by atoms with Gasteiger partial charge in [0.15, 0.2) is 0 Å². The number of rotatable bonds is 5. The number of ether oxygens (including phenoxy) is 1. The molecule has 7 nitrogen and oxygen atoms in total. The van der Waals surface area contributed by atoms with Gasteiger partial charge in [-0.15, -0.1) is 0 Å². The predicted molar refractivity (Wildman–Crippen MR) is 104 cm³/mol. The van der Waals surface area contributed by atoms with Crippen LogP contribution in [-0.2, 0) is 4.79 Å². The number of aromatic nitrogens is 3. The number of pyridine rings is 3. The Hall–Kier alpha value is -4.00. The van der Waals surface area contributed by atoms with E-state index in [1.807, 2.05) is 24.3 Å². The molecular formula is C21H16N4O3. The Morgan fingerprint density at radius 2 is 1.89 bits per heavy atom. The summed E-state index contributed by atoms with van der Waals surface area (Å²) < 4.78 is 6.71. The third-order valence-electron chi connectivity index (χ3n) is 4.30. The molecule has 0 bridgehead atoms. The lowest BCUT2D eigenvalue weighted by Gasteiger charge is -2.08. The van der Waals surface area contributed by atoms with E-state index in [-0.39, 0.29) is 0 Å². The van der Waals surface area contributed by atoms with E-state index in [1.54, 1.807) is 47.3 Å². The summed E-state index contributed by atoms with van der Waals surface area (Å²) in [6.45, 7) is 0. The SMILES string of the molecule is COc1ccc(NC(=O)C(=O)c2c(-c3ccncc3)cc3ccccn23)cn1. The van der Waals surface area contributed by atoms with Gasteiger partial charge in [0, 0.05) is 35.7 Å². The topological polar surface area (TPSA) is 85.6 Å². The minimum absolute atomic E-state index is 0.292. The number of carbonyl (C=O) groups is 2. The second-order valence-corrected chi connectivity index (χ2v) is 6.01. The molecule has 0 unspecified atom stereocenters. The number of fused-ring (bicyclic) bond motifs is 1. The van der Waals surface area contributed by atoms with E-state index in [4.69, 9.17) is 4.74 Å². The quantitative estimate of drug-likeness (QED) is 0.429. The molecule has 4 aromatic heterocycles. The van der Waals surface area contributed by atoms with Gasteiger partial charge in [-0.05, 0) is 42.0 Å². The molecule has 7 heteroatoms. The fraction of sp³-hybridized carbons (Fsp3) is 0.0476. The molecule has 0 spiro atoms. The van der Waals surface area contributed by atoms with Crippen LogP contribution in [0.4, 0.5) is 5.69 Å². The van der Waals surface area contributed by atoms with Crippen LogP contribution in [-0.4, -0.2) is 33.2 Å². The zero-order chi connectivity index (χ0) is 19.5. The van der Waals surface area contributed by atoms with Crippen LogP contribution in [0, 0.1) is 0 Å². The highest BCUT2D eigenvalue weighted by Gasteiger charge is 2.24. The highest BCUT2D eigenvalue weighted by molar-refractivity contribution is 6.47. The van der Waals surface area contributed by atoms with Crippen molar-refractivity contribution in [3.05, 3.63) is 79.0 Å². The van der Waals surface area contributed by atoms with Crippen LogP contribution in [0.3, 0.4) is 0 Å². The van der Waals surface area contributed by atoms with E-state index in [9.17, 15) is 9.59 Å². The van der Waals surface area contributed by atoms with E-state index >= 15 is 0 Å². The van der Waals surface area contributed by atoms with E-state index in [2.05, 4.69) is 15.3 Å². The van der Waals surface area contributed by atoms with Gasteiger partial charge < -0.3 is 14.5 Å². The summed E-state index contributed by atoms with van der Waals surface area (Å²) >= 11 is 0. The molecule has 28 heavy (non-hydrogen) atoms. The fourth-order valence-corrected chi connectivity index (χ4v) is 2.98. The third kappa shape index (κ3) is 3.21. The Kier molecular flexibility index (Phi) is 4.55. The third-order valence-corrected chi connectivity index (χ3v) is 4.30. The number of hydrogen-bond donors (Lipinski definition) is 1. The number of hydrogen-bond acceptors (Lipinski definition) is 5. The van der Waals surface area contributed by atoms with Gasteiger partial charge in [-0.3, -0.25) is 14.6 Å². The molecule has 0 aromatic carbocycles. The largest absolute Gasteiger partial charge is 0.481 e. The van der Waals surface area contributed by atoms with Crippen molar-refractivity contribution < 1.29 is 14.3 Å². The number of carbonyl (C=O) groups excluding carboxylic acids is 2. The Morgan fingerprint density at radius 1 is 1.07 bits per heavy atom. The first-order chi connectivity index (χ1) is 13.7. The fourth-order valence-electron chi connectivity index (χ4n) is 2.98. The maximum Gasteiger partial charge on any atom is 0.298 e.